The molecule has 6 heterocycles. The normalized spacial score (nSPS) is 19.6. The first-order valence-corrected chi connectivity index (χ1v) is 18.7. The molecule has 3 aliphatic heterocycles. The standard InChI is InChI=1S/C27H31F5N8O.4C2HF3O2/c1-14-18(27(30,31)32)10-36-23(34)19(14)22-20(29)21-17(9-35-22)24(39-6-2-4-16(33)12-39)38-25(37-21)41-13-26-5-3-7-40(26)11-15(28)8-26;4*3-2(4,5)1(6)7/h9-10,15-16H,2-8,11-13,33H2,1H3,(H2,34,36);4*(H,6,7)/t15-,16+,26+;;;;/m1..../s1. The molecule has 388 valence electrons. The highest BCUT2D eigenvalue weighted by atomic mass is 19.4. The molecule has 3 aliphatic rings. The van der Waals surface area contributed by atoms with Gasteiger partial charge in [-0.2, -0.15) is 75.8 Å². The van der Waals surface area contributed by atoms with E-state index in [1.54, 1.807) is 0 Å². The average molecular weight is 1030 g/mol. The van der Waals surface area contributed by atoms with Crippen molar-refractivity contribution < 1.29 is 119 Å². The second kappa shape index (κ2) is 22.4. The minimum atomic E-state index is -5.08. The van der Waals surface area contributed by atoms with Gasteiger partial charge in [0, 0.05) is 50.1 Å². The Balaban J connectivity index is 0.000000474. The van der Waals surface area contributed by atoms with E-state index >= 15 is 4.39 Å². The molecule has 8 N–H and O–H groups in total. The highest BCUT2D eigenvalue weighted by molar-refractivity contribution is 5.93. The van der Waals surface area contributed by atoms with Gasteiger partial charge in [-0.3, -0.25) is 9.88 Å². The number of carboxylic acid groups (broad SMARTS) is 4. The molecule has 3 saturated heterocycles. The predicted octanol–water partition coefficient (Wildman–Crippen LogP) is 6.55. The summed E-state index contributed by atoms with van der Waals surface area (Å²) in [6.45, 7) is 3.50. The highest BCUT2D eigenvalue weighted by Crippen LogP contribution is 2.42. The van der Waals surface area contributed by atoms with E-state index in [9.17, 15) is 70.2 Å². The summed E-state index contributed by atoms with van der Waals surface area (Å²) in [6.07, 6.45) is -20.4. The number of alkyl halides is 16. The zero-order valence-electron chi connectivity index (χ0n) is 34.5. The van der Waals surface area contributed by atoms with Crippen molar-refractivity contribution in [1.29, 1.82) is 0 Å². The first kappa shape index (κ1) is 58.8. The second-order valence-electron chi connectivity index (χ2n) is 14.5. The van der Waals surface area contributed by atoms with Crippen molar-refractivity contribution in [3.8, 4) is 17.3 Å². The second-order valence-corrected chi connectivity index (χ2v) is 14.5. The van der Waals surface area contributed by atoms with Crippen molar-refractivity contribution >= 4 is 46.4 Å². The molecule has 0 amide bonds. The van der Waals surface area contributed by atoms with E-state index in [1.165, 1.54) is 13.1 Å². The zero-order valence-corrected chi connectivity index (χ0v) is 34.5. The molecule has 3 atom stereocenters. The van der Waals surface area contributed by atoms with Gasteiger partial charge in [0.1, 0.15) is 35.6 Å². The Labute approximate surface area is 373 Å². The van der Waals surface area contributed by atoms with Crippen molar-refractivity contribution in [3.05, 3.63) is 29.3 Å². The molecule has 0 radical (unpaired) electrons. The van der Waals surface area contributed by atoms with Gasteiger partial charge in [-0.1, -0.05) is 0 Å². The van der Waals surface area contributed by atoms with Crippen LogP contribution in [-0.2, 0) is 25.4 Å². The fourth-order valence-electron chi connectivity index (χ4n) is 6.56. The molecule has 0 bridgehead atoms. The SMILES string of the molecule is Cc1c(C(F)(F)F)cnc(N)c1-c1ncc2c(N3CCC[C@H](N)C3)nc(OC[C@@]34CCCN3C[C@H](F)C4)nc2c1F.O=C(O)C(F)(F)F.O=C(O)C(F)(F)F.O=C(O)C(F)(F)F.O=C(O)C(F)(F)F. The molecule has 0 unspecified atom stereocenters. The van der Waals surface area contributed by atoms with E-state index in [1.807, 2.05) is 4.90 Å². The number of rotatable bonds is 5. The number of carboxylic acids is 4. The number of anilines is 2. The van der Waals surface area contributed by atoms with E-state index in [2.05, 4.69) is 24.8 Å². The summed E-state index contributed by atoms with van der Waals surface area (Å²) in [5, 5.41) is 28.8. The van der Waals surface area contributed by atoms with Gasteiger partial charge in [0.25, 0.3) is 0 Å². The minimum absolute atomic E-state index is 0.113. The number of ether oxygens (including phenoxy) is 1. The number of aromatic nitrogens is 4. The van der Waals surface area contributed by atoms with Crippen molar-refractivity contribution in [2.24, 2.45) is 5.73 Å². The van der Waals surface area contributed by atoms with Crippen LogP contribution in [0.4, 0.5) is 86.3 Å². The Bertz CT molecular complexity index is 2220. The Kier molecular flexibility index (Phi) is 19.1. The van der Waals surface area contributed by atoms with E-state index in [-0.39, 0.29) is 46.5 Å². The lowest BCUT2D eigenvalue weighted by molar-refractivity contribution is -0.193. The quantitative estimate of drug-likeness (QED) is 0.148. The maximum absolute atomic E-state index is 16.3. The summed E-state index contributed by atoms with van der Waals surface area (Å²) in [4.78, 5) is 56.4. The lowest BCUT2D eigenvalue weighted by Gasteiger charge is -2.33. The van der Waals surface area contributed by atoms with Crippen LogP contribution >= 0.6 is 0 Å². The number of pyridine rings is 2. The van der Waals surface area contributed by atoms with E-state index < -0.39 is 83.5 Å². The molecule has 0 saturated carbocycles. The molecule has 69 heavy (non-hydrogen) atoms. The van der Waals surface area contributed by atoms with Gasteiger partial charge >= 0.3 is 60.8 Å². The number of halogens is 17. The maximum atomic E-state index is 16.3. The van der Waals surface area contributed by atoms with Crippen LogP contribution in [0.2, 0.25) is 0 Å². The highest BCUT2D eigenvalue weighted by Gasteiger charge is 2.49. The van der Waals surface area contributed by atoms with Gasteiger partial charge in [-0.25, -0.2) is 32.9 Å². The third kappa shape index (κ3) is 16.4. The molecule has 6 rings (SSSR count). The smallest absolute Gasteiger partial charge is 0.475 e. The largest absolute Gasteiger partial charge is 0.490 e. The number of nitrogen functional groups attached to an aromatic ring is 1. The fraction of sp³-hybridized carbons (Fsp3) is 0.543. The number of fused-ring (bicyclic) bond motifs is 2. The molecular weight excluding hydrogens is 999 g/mol. The molecule has 34 heteroatoms. The third-order valence-corrected chi connectivity index (χ3v) is 9.51. The topological polar surface area (TPSA) is 269 Å². The van der Waals surface area contributed by atoms with E-state index in [0.29, 0.717) is 38.1 Å². The number of hydrogen-bond donors (Lipinski definition) is 6. The van der Waals surface area contributed by atoms with Crippen LogP contribution in [0, 0.1) is 12.7 Å². The summed E-state index contributed by atoms with van der Waals surface area (Å²) < 4.78 is 204. The molecule has 0 aromatic carbocycles. The van der Waals surface area contributed by atoms with Crippen molar-refractivity contribution in [3.63, 3.8) is 0 Å². The van der Waals surface area contributed by atoms with Gasteiger partial charge in [-0.15, -0.1) is 0 Å². The van der Waals surface area contributed by atoms with Gasteiger partial charge in [0.05, 0.1) is 16.5 Å². The summed E-state index contributed by atoms with van der Waals surface area (Å²) >= 11 is 0. The van der Waals surface area contributed by atoms with Gasteiger partial charge in [-0.05, 0) is 44.7 Å². The van der Waals surface area contributed by atoms with Crippen molar-refractivity contribution in [2.75, 3.05) is 43.4 Å². The Morgan fingerprint density at radius 3 is 1.71 bits per heavy atom. The Morgan fingerprint density at radius 2 is 1.26 bits per heavy atom. The van der Waals surface area contributed by atoms with Crippen molar-refractivity contribution in [2.45, 2.75) is 87.7 Å². The Hall–Kier alpha value is -6.35. The minimum Gasteiger partial charge on any atom is -0.475 e. The lowest BCUT2D eigenvalue weighted by atomic mass is 9.95. The molecule has 0 spiro atoms. The molecule has 17 nitrogen and oxygen atoms in total. The summed E-state index contributed by atoms with van der Waals surface area (Å²) in [5.74, 6) is -11.9. The first-order chi connectivity index (χ1) is 31.2. The summed E-state index contributed by atoms with van der Waals surface area (Å²) in [6, 6.07) is -0.238. The molecule has 3 fully saturated rings. The number of nitrogens with zero attached hydrogens (tertiary/aromatic N) is 6. The molecule has 3 aromatic rings. The molecule has 3 aromatic heterocycles. The zero-order chi connectivity index (χ0) is 53.4. The Morgan fingerprint density at radius 1 is 0.768 bits per heavy atom. The maximum Gasteiger partial charge on any atom is 0.490 e. The van der Waals surface area contributed by atoms with Gasteiger partial charge < -0.3 is 41.5 Å². The van der Waals surface area contributed by atoms with Crippen LogP contribution in [0.1, 0.15) is 43.2 Å². The molecular formula is C35H35F17N8O9. The monoisotopic (exact) mass is 1030 g/mol. The van der Waals surface area contributed by atoms with Crippen LogP contribution in [0.5, 0.6) is 6.01 Å². The number of aliphatic carboxylic acids is 4. The summed E-state index contributed by atoms with van der Waals surface area (Å²) in [5.41, 5.74) is 9.48. The number of hydrogen-bond acceptors (Lipinski definition) is 13. The van der Waals surface area contributed by atoms with E-state index in [0.717, 1.165) is 32.2 Å². The van der Waals surface area contributed by atoms with Crippen LogP contribution in [0.3, 0.4) is 0 Å². The third-order valence-electron chi connectivity index (χ3n) is 9.51. The molecule has 0 aliphatic carbocycles. The van der Waals surface area contributed by atoms with Crippen LogP contribution in [-0.4, -0.2) is 144 Å². The van der Waals surface area contributed by atoms with Crippen LogP contribution in [0.15, 0.2) is 12.4 Å². The van der Waals surface area contributed by atoms with E-state index in [4.69, 9.17) is 55.8 Å². The number of carbonyl (C=O) groups is 4. The number of piperidine rings is 1. The van der Waals surface area contributed by atoms with Crippen molar-refractivity contribution in [1.82, 2.24) is 24.8 Å². The van der Waals surface area contributed by atoms with Crippen LogP contribution in [0.25, 0.3) is 22.2 Å². The fourth-order valence-corrected chi connectivity index (χ4v) is 6.56. The first-order valence-electron chi connectivity index (χ1n) is 18.7. The average Bonchev–Trinajstić information content (AvgIpc) is 3.72. The lowest BCUT2D eigenvalue weighted by Crippen LogP contribution is -2.44. The number of nitrogens with two attached hydrogens (primary N) is 2. The summed E-state index contributed by atoms with van der Waals surface area (Å²) in [7, 11) is 0. The van der Waals surface area contributed by atoms with Gasteiger partial charge in [0.15, 0.2) is 5.82 Å². The van der Waals surface area contributed by atoms with Gasteiger partial charge in [0.2, 0.25) is 0 Å². The predicted molar refractivity (Wildman–Crippen MR) is 197 cm³/mol. The van der Waals surface area contributed by atoms with Crippen LogP contribution < -0.4 is 21.1 Å².